The molecule has 29 heavy (non-hydrogen) atoms. The van der Waals surface area contributed by atoms with Crippen molar-refractivity contribution in [2.75, 3.05) is 19.6 Å². The summed E-state index contributed by atoms with van der Waals surface area (Å²) >= 11 is 0. The maximum absolute atomic E-state index is 12.8. The molecule has 0 spiro atoms. The number of rotatable bonds is 10. The molecule has 2 heterocycles. The zero-order valence-corrected chi connectivity index (χ0v) is 17.0. The quantitative estimate of drug-likeness (QED) is 0.287. The molecule has 4 atom stereocenters. The molecule has 10 nitrogen and oxygen atoms in total. The number of likely N-dealkylation sites (tertiary alicyclic amines) is 1. The lowest BCUT2D eigenvalue weighted by molar-refractivity contribution is -0.149. The van der Waals surface area contributed by atoms with Gasteiger partial charge in [0, 0.05) is 6.54 Å². The highest BCUT2D eigenvalue weighted by molar-refractivity contribution is 5.94. The number of nitrogens with one attached hydrogen (secondary N) is 3. The summed E-state index contributed by atoms with van der Waals surface area (Å²) in [6.45, 7) is 3.16. The summed E-state index contributed by atoms with van der Waals surface area (Å²) in [5.74, 6) is -2.13. The summed E-state index contributed by atoms with van der Waals surface area (Å²) < 4.78 is 0. The van der Waals surface area contributed by atoms with Gasteiger partial charge in [-0.05, 0) is 65.0 Å². The smallest absolute Gasteiger partial charge is 0.326 e. The van der Waals surface area contributed by atoms with Gasteiger partial charge >= 0.3 is 5.97 Å². The van der Waals surface area contributed by atoms with E-state index in [1.54, 1.807) is 0 Å². The van der Waals surface area contributed by atoms with Crippen LogP contribution in [0.2, 0.25) is 0 Å². The minimum Gasteiger partial charge on any atom is -0.480 e. The highest BCUT2D eigenvalue weighted by atomic mass is 16.4. The van der Waals surface area contributed by atoms with Gasteiger partial charge in [0.2, 0.25) is 17.7 Å². The van der Waals surface area contributed by atoms with E-state index in [-0.39, 0.29) is 11.9 Å². The number of carbonyl (C=O) groups excluding carboxylic acids is 3. The summed E-state index contributed by atoms with van der Waals surface area (Å²) in [4.78, 5) is 50.5. The topological polar surface area (TPSA) is 154 Å². The van der Waals surface area contributed by atoms with Crippen LogP contribution in [-0.4, -0.2) is 77.5 Å². The molecule has 3 amide bonds. The molecule has 6 N–H and O–H groups in total. The van der Waals surface area contributed by atoms with Crippen molar-refractivity contribution in [2.45, 2.75) is 76.0 Å². The van der Waals surface area contributed by atoms with Crippen molar-refractivity contribution in [3.63, 3.8) is 0 Å². The first kappa shape index (κ1) is 23.1. The van der Waals surface area contributed by atoms with Gasteiger partial charge in [0.05, 0.1) is 6.04 Å². The van der Waals surface area contributed by atoms with Crippen molar-refractivity contribution in [1.82, 2.24) is 20.9 Å². The maximum atomic E-state index is 12.8. The Balaban J connectivity index is 1.96. The number of carbonyl (C=O) groups is 4. The molecule has 0 aliphatic carbocycles. The molecule has 164 valence electrons. The van der Waals surface area contributed by atoms with Crippen LogP contribution in [0.15, 0.2) is 0 Å². The summed E-state index contributed by atoms with van der Waals surface area (Å²) in [7, 11) is 0. The number of unbranched alkanes of at least 4 members (excludes halogenated alkanes) is 1. The molecule has 2 rings (SSSR count). The normalized spacial score (nSPS) is 23.4. The standard InChI is InChI=1S/C19H33N5O5/c1-12(18(27)24-11-5-8-15(24)19(28)29)22-17(26)14(6-2-3-9-20)23-16(25)13-7-4-10-21-13/h12-15,21H,2-11,20H2,1H3,(H,22,26)(H,23,25)(H,28,29)/t12-,13-,14-,15-/m0/s1. The number of amides is 3. The highest BCUT2D eigenvalue weighted by Crippen LogP contribution is 2.18. The molecule has 0 unspecified atom stereocenters. The zero-order chi connectivity index (χ0) is 21.4. The Kier molecular flexibility index (Phi) is 8.84. The maximum Gasteiger partial charge on any atom is 0.326 e. The van der Waals surface area contributed by atoms with Crippen LogP contribution in [0.4, 0.5) is 0 Å². The molecule has 2 saturated heterocycles. The lowest BCUT2D eigenvalue weighted by Crippen LogP contribution is -2.56. The number of nitrogens with zero attached hydrogens (tertiary/aromatic N) is 1. The van der Waals surface area contributed by atoms with Crippen LogP contribution in [0.1, 0.15) is 51.9 Å². The number of hydrogen-bond acceptors (Lipinski definition) is 6. The van der Waals surface area contributed by atoms with Crippen molar-refractivity contribution < 1.29 is 24.3 Å². The highest BCUT2D eigenvalue weighted by Gasteiger charge is 2.37. The van der Waals surface area contributed by atoms with Gasteiger partial charge in [0.25, 0.3) is 0 Å². The van der Waals surface area contributed by atoms with Crippen molar-refractivity contribution in [3.8, 4) is 0 Å². The van der Waals surface area contributed by atoms with E-state index in [4.69, 9.17) is 5.73 Å². The molecule has 0 saturated carbocycles. The van der Waals surface area contributed by atoms with E-state index in [0.717, 1.165) is 25.8 Å². The minimum absolute atomic E-state index is 0.222. The molecule has 0 aromatic heterocycles. The Bertz CT molecular complexity index is 608. The Labute approximate surface area is 170 Å². The first-order chi connectivity index (χ1) is 13.8. The summed E-state index contributed by atoms with van der Waals surface area (Å²) in [5, 5.41) is 17.8. The van der Waals surface area contributed by atoms with Crippen LogP contribution < -0.4 is 21.7 Å². The van der Waals surface area contributed by atoms with Crippen molar-refractivity contribution >= 4 is 23.7 Å². The number of carboxylic acid groups (broad SMARTS) is 1. The lowest BCUT2D eigenvalue weighted by Gasteiger charge is -2.27. The van der Waals surface area contributed by atoms with E-state index in [1.807, 2.05) is 0 Å². The van der Waals surface area contributed by atoms with Gasteiger partial charge in [-0.3, -0.25) is 14.4 Å². The van der Waals surface area contributed by atoms with E-state index in [1.165, 1.54) is 11.8 Å². The summed E-state index contributed by atoms with van der Waals surface area (Å²) in [5.41, 5.74) is 5.52. The monoisotopic (exact) mass is 411 g/mol. The van der Waals surface area contributed by atoms with E-state index in [0.29, 0.717) is 38.8 Å². The van der Waals surface area contributed by atoms with Crippen LogP contribution in [0, 0.1) is 0 Å². The van der Waals surface area contributed by atoms with Gasteiger partial charge in [-0.25, -0.2) is 4.79 Å². The second-order valence-electron chi connectivity index (χ2n) is 7.75. The third-order valence-electron chi connectivity index (χ3n) is 5.51. The third-order valence-corrected chi connectivity index (χ3v) is 5.51. The van der Waals surface area contributed by atoms with Gasteiger partial charge in [0.1, 0.15) is 18.1 Å². The molecule has 0 radical (unpaired) electrons. The molecule has 2 aliphatic heterocycles. The van der Waals surface area contributed by atoms with E-state index < -0.39 is 35.9 Å². The number of nitrogens with two attached hydrogens (primary N) is 1. The molecule has 0 bridgehead atoms. The average Bonchev–Trinajstić information content (AvgIpc) is 3.38. The summed E-state index contributed by atoms with van der Waals surface area (Å²) in [6.07, 6.45) is 4.48. The van der Waals surface area contributed by atoms with Crippen molar-refractivity contribution in [3.05, 3.63) is 0 Å². The molecule has 0 aromatic rings. The zero-order valence-electron chi connectivity index (χ0n) is 17.0. The van der Waals surface area contributed by atoms with Crippen molar-refractivity contribution in [1.29, 1.82) is 0 Å². The van der Waals surface area contributed by atoms with Crippen molar-refractivity contribution in [2.24, 2.45) is 5.73 Å². The second kappa shape index (κ2) is 11.1. The predicted octanol–water partition coefficient (Wildman–Crippen LogP) is -1.07. The van der Waals surface area contributed by atoms with Crippen LogP contribution >= 0.6 is 0 Å². The SMILES string of the molecule is C[C@H](NC(=O)[C@H](CCCCN)NC(=O)[C@@H]1CCCN1)C(=O)N1CCC[C@H]1C(=O)O. The molecule has 10 heteroatoms. The molecule has 0 aromatic carbocycles. The predicted molar refractivity (Wildman–Crippen MR) is 106 cm³/mol. The molecular weight excluding hydrogens is 378 g/mol. The second-order valence-corrected chi connectivity index (χ2v) is 7.75. The fourth-order valence-electron chi connectivity index (χ4n) is 3.85. The average molecular weight is 412 g/mol. The van der Waals surface area contributed by atoms with Crippen LogP contribution in [-0.2, 0) is 19.2 Å². The first-order valence-electron chi connectivity index (χ1n) is 10.4. The number of hydrogen-bond donors (Lipinski definition) is 5. The lowest BCUT2D eigenvalue weighted by atomic mass is 10.1. The van der Waals surface area contributed by atoms with Gasteiger partial charge in [-0.15, -0.1) is 0 Å². The van der Waals surface area contributed by atoms with Gasteiger partial charge in [0.15, 0.2) is 0 Å². The van der Waals surface area contributed by atoms with Crippen LogP contribution in [0.5, 0.6) is 0 Å². The molecule has 2 fully saturated rings. The summed E-state index contributed by atoms with van der Waals surface area (Å²) in [6, 6.07) is -2.79. The minimum atomic E-state index is -1.04. The van der Waals surface area contributed by atoms with E-state index >= 15 is 0 Å². The number of aliphatic carboxylic acids is 1. The molecule has 2 aliphatic rings. The number of carboxylic acids is 1. The first-order valence-corrected chi connectivity index (χ1v) is 10.4. The fourth-order valence-corrected chi connectivity index (χ4v) is 3.85. The van der Waals surface area contributed by atoms with E-state index in [2.05, 4.69) is 16.0 Å². The molecular formula is C19H33N5O5. The Morgan fingerprint density at radius 1 is 1.17 bits per heavy atom. The third kappa shape index (κ3) is 6.40. The Morgan fingerprint density at radius 3 is 2.55 bits per heavy atom. The largest absolute Gasteiger partial charge is 0.480 e. The van der Waals surface area contributed by atoms with Crippen LogP contribution in [0.25, 0.3) is 0 Å². The van der Waals surface area contributed by atoms with Crippen LogP contribution in [0.3, 0.4) is 0 Å². The van der Waals surface area contributed by atoms with Gasteiger partial charge < -0.3 is 31.7 Å². The fraction of sp³-hybridized carbons (Fsp3) is 0.789. The van der Waals surface area contributed by atoms with Gasteiger partial charge in [-0.2, -0.15) is 0 Å². The van der Waals surface area contributed by atoms with Gasteiger partial charge in [-0.1, -0.05) is 0 Å². The van der Waals surface area contributed by atoms with E-state index in [9.17, 15) is 24.3 Å². The Morgan fingerprint density at radius 2 is 1.93 bits per heavy atom. The Hall–Kier alpha value is -2.20.